The summed E-state index contributed by atoms with van der Waals surface area (Å²) in [4.78, 5) is 15.3. The standard InChI is InChI=1S/C13H21NO2.CH3I/c1-10-6-11(8-13(2,3)7-10)14(4)12(15)9-16-5;1-2/h6,8H,7,9H2,1-5H3;1H3. The predicted molar refractivity (Wildman–Crippen MR) is 84.8 cm³/mol. The maximum absolute atomic E-state index is 11.7. The number of carbonyl (C=O) groups is 1. The highest BCUT2D eigenvalue weighted by Crippen LogP contribution is 2.33. The molecule has 3 nitrogen and oxygen atoms in total. The molecule has 0 aromatic carbocycles. The van der Waals surface area contributed by atoms with Crippen LogP contribution in [0.2, 0.25) is 0 Å². The Balaban J connectivity index is 0.00000137. The van der Waals surface area contributed by atoms with Crippen LogP contribution in [0.15, 0.2) is 23.4 Å². The quantitative estimate of drug-likeness (QED) is 0.567. The monoisotopic (exact) mass is 365 g/mol. The molecule has 0 bridgehead atoms. The van der Waals surface area contributed by atoms with Gasteiger partial charge >= 0.3 is 0 Å². The van der Waals surface area contributed by atoms with Crippen molar-refractivity contribution >= 4 is 28.5 Å². The van der Waals surface area contributed by atoms with Gasteiger partial charge in [-0.05, 0) is 29.8 Å². The molecule has 18 heavy (non-hydrogen) atoms. The van der Waals surface area contributed by atoms with E-state index in [1.165, 1.54) is 12.7 Å². The van der Waals surface area contributed by atoms with Gasteiger partial charge in [-0.3, -0.25) is 4.79 Å². The molecular weight excluding hydrogens is 341 g/mol. The van der Waals surface area contributed by atoms with Crippen LogP contribution in [0.25, 0.3) is 0 Å². The van der Waals surface area contributed by atoms with Crippen LogP contribution < -0.4 is 0 Å². The highest BCUT2D eigenvalue weighted by molar-refractivity contribution is 14.1. The molecular formula is C14H24INO2. The van der Waals surface area contributed by atoms with E-state index in [0.717, 1.165) is 12.1 Å². The van der Waals surface area contributed by atoms with Gasteiger partial charge in [-0.2, -0.15) is 0 Å². The van der Waals surface area contributed by atoms with E-state index in [1.54, 1.807) is 11.9 Å². The highest BCUT2D eigenvalue weighted by Gasteiger charge is 2.23. The number of halogens is 1. The van der Waals surface area contributed by atoms with Crippen molar-refractivity contribution in [2.45, 2.75) is 27.2 Å². The molecule has 1 amide bonds. The molecule has 0 aliphatic heterocycles. The van der Waals surface area contributed by atoms with Crippen LogP contribution in [0.1, 0.15) is 27.2 Å². The van der Waals surface area contributed by atoms with Crippen molar-refractivity contribution in [3.63, 3.8) is 0 Å². The molecule has 0 fully saturated rings. The third-order valence-electron chi connectivity index (χ3n) is 2.70. The Hall–Kier alpha value is -0.360. The van der Waals surface area contributed by atoms with Gasteiger partial charge in [-0.15, -0.1) is 0 Å². The third kappa shape index (κ3) is 5.52. The number of hydrogen-bond donors (Lipinski definition) is 0. The number of nitrogens with zero attached hydrogens (tertiary/aromatic N) is 1. The van der Waals surface area contributed by atoms with Crippen LogP contribution in [-0.4, -0.2) is 36.5 Å². The summed E-state index contributed by atoms with van der Waals surface area (Å²) in [7, 11) is 3.32. The fourth-order valence-electron chi connectivity index (χ4n) is 2.07. The van der Waals surface area contributed by atoms with Crippen molar-refractivity contribution in [3.8, 4) is 0 Å². The predicted octanol–water partition coefficient (Wildman–Crippen LogP) is 3.40. The Labute approximate surface area is 124 Å². The number of hydrogen-bond acceptors (Lipinski definition) is 2. The molecule has 0 heterocycles. The molecule has 0 radical (unpaired) electrons. The summed E-state index contributed by atoms with van der Waals surface area (Å²) >= 11 is 2.15. The number of likely N-dealkylation sites (N-methyl/N-ethyl adjacent to an activating group) is 1. The topological polar surface area (TPSA) is 29.5 Å². The lowest BCUT2D eigenvalue weighted by molar-refractivity contribution is -0.131. The van der Waals surface area contributed by atoms with Crippen LogP contribution in [-0.2, 0) is 9.53 Å². The normalized spacial score (nSPS) is 17.1. The van der Waals surface area contributed by atoms with Gasteiger partial charge in [-0.25, -0.2) is 0 Å². The van der Waals surface area contributed by atoms with E-state index in [2.05, 4.69) is 55.5 Å². The zero-order valence-electron chi connectivity index (χ0n) is 12.2. The molecule has 1 aliphatic carbocycles. The fourth-order valence-corrected chi connectivity index (χ4v) is 2.07. The largest absolute Gasteiger partial charge is 0.375 e. The minimum atomic E-state index is -0.0181. The Bertz CT molecular complexity index is 346. The summed E-state index contributed by atoms with van der Waals surface area (Å²) in [5.41, 5.74) is 2.39. The summed E-state index contributed by atoms with van der Waals surface area (Å²) in [5, 5.41) is 0. The lowest BCUT2D eigenvalue weighted by Gasteiger charge is -2.30. The van der Waals surface area contributed by atoms with Gasteiger partial charge in [0, 0.05) is 19.9 Å². The minimum absolute atomic E-state index is 0.0181. The summed E-state index contributed by atoms with van der Waals surface area (Å²) < 4.78 is 4.86. The second kappa shape index (κ2) is 7.94. The van der Waals surface area contributed by atoms with Crippen molar-refractivity contribution in [1.29, 1.82) is 0 Å². The minimum Gasteiger partial charge on any atom is -0.375 e. The highest BCUT2D eigenvalue weighted by atomic mass is 127. The van der Waals surface area contributed by atoms with E-state index in [-0.39, 0.29) is 17.9 Å². The number of allylic oxidation sites excluding steroid dienone is 3. The zero-order valence-corrected chi connectivity index (χ0v) is 14.4. The van der Waals surface area contributed by atoms with Crippen molar-refractivity contribution < 1.29 is 9.53 Å². The van der Waals surface area contributed by atoms with Crippen LogP contribution in [0.3, 0.4) is 0 Å². The molecule has 0 unspecified atom stereocenters. The smallest absolute Gasteiger partial charge is 0.252 e. The molecule has 1 rings (SSSR count). The summed E-state index contributed by atoms with van der Waals surface area (Å²) in [5.74, 6) is -0.0181. The number of rotatable bonds is 3. The average molecular weight is 365 g/mol. The van der Waals surface area contributed by atoms with E-state index in [0.29, 0.717) is 0 Å². The van der Waals surface area contributed by atoms with Gasteiger partial charge < -0.3 is 9.64 Å². The van der Waals surface area contributed by atoms with Crippen molar-refractivity contribution in [3.05, 3.63) is 23.4 Å². The molecule has 0 saturated heterocycles. The van der Waals surface area contributed by atoms with Crippen LogP contribution in [0.4, 0.5) is 0 Å². The molecule has 0 spiro atoms. The maximum Gasteiger partial charge on any atom is 0.252 e. The number of amides is 1. The molecule has 0 saturated carbocycles. The second-order valence-electron chi connectivity index (χ2n) is 5.11. The third-order valence-corrected chi connectivity index (χ3v) is 2.70. The van der Waals surface area contributed by atoms with Crippen LogP contribution >= 0.6 is 22.6 Å². The lowest BCUT2D eigenvalue weighted by Crippen LogP contribution is -2.31. The summed E-state index contributed by atoms with van der Waals surface area (Å²) in [6.45, 7) is 6.58. The molecule has 0 atom stereocenters. The zero-order chi connectivity index (χ0) is 14.3. The van der Waals surface area contributed by atoms with Gasteiger partial charge in [0.1, 0.15) is 6.61 Å². The van der Waals surface area contributed by atoms with Crippen LogP contribution in [0, 0.1) is 5.41 Å². The van der Waals surface area contributed by atoms with Gasteiger partial charge in [0.2, 0.25) is 0 Å². The Morgan fingerprint density at radius 3 is 2.50 bits per heavy atom. The Kier molecular flexibility index (Phi) is 7.78. The number of alkyl halides is 1. The van der Waals surface area contributed by atoms with Gasteiger partial charge in [0.15, 0.2) is 0 Å². The first-order chi connectivity index (χ1) is 8.35. The van der Waals surface area contributed by atoms with Crippen molar-refractivity contribution in [1.82, 2.24) is 4.90 Å². The number of carbonyl (C=O) groups excluding carboxylic acids is 1. The van der Waals surface area contributed by atoms with E-state index in [1.807, 2.05) is 4.93 Å². The molecule has 0 aromatic rings. The molecule has 1 aliphatic rings. The SMILES string of the molecule is CI.COCC(=O)N(C)C1=CC(C)(C)CC(C)=C1. The Morgan fingerprint density at radius 2 is 2.06 bits per heavy atom. The van der Waals surface area contributed by atoms with Crippen molar-refractivity contribution in [2.24, 2.45) is 5.41 Å². The molecule has 4 heteroatoms. The molecule has 0 aromatic heterocycles. The molecule has 104 valence electrons. The lowest BCUT2D eigenvalue weighted by atomic mass is 9.81. The van der Waals surface area contributed by atoms with E-state index in [9.17, 15) is 4.79 Å². The van der Waals surface area contributed by atoms with Gasteiger partial charge in [-0.1, -0.05) is 48.1 Å². The number of ether oxygens (including phenoxy) is 1. The second-order valence-corrected chi connectivity index (χ2v) is 5.11. The maximum atomic E-state index is 11.7. The summed E-state index contributed by atoms with van der Waals surface area (Å²) in [6.07, 6.45) is 5.26. The van der Waals surface area contributed by atoms with Gasteiger partial charge in [0.25, 0.3) is 5.91 Å². The van der Waals surface area contributed by atoms with Crippen LogP contribution in [0.5, 0.6) is 0 Å². The van der Waals surface area contributed by atoms with Crippen molar-refractivity contribution in [2.75, 3.05) is 25.7 Å². The number of methoxy groups -OCH3 is 1. The van der Waals surface area contributed by atoms with E-state index < -0.39 is 0 Å². The van der Waals surface area contributed by atoms with E-state index in [4.69, 9.17) is 4.74 Å². The Morgan fingerprint density at radius 1 is 1.50 bits per heavy atom. The fraction of sp³-hybridized carbons (Fsp3) is 0.643. The first-order valence-corrected chi connectivity index (χ1v) is 8.05. The van der Waals surface area contributed by atoms with Gasteiger partial charge in [0.05, 0.1) is 0 Å². The molecule has 0 N–H and O–H groups in total. The van der Waals surface area contributed by atoms with E-state index >= 15 is 0 Å². The average Bonchev–Trinajstić information content (AvgIpc) is 2.28. The first kappa shape index (κ1) is 17.6. The summed E-state index contributed by atoms with van der Waals surface area (Å²) in [6, 6.07) is 0. The first-order valence-electron chi connectivity index (χ1n) is 5.89.